The molecule has 0 amide bonds. The normalized spacial score (nSPS) is 14.0. The average Bonchev–Trinajstić information content (AvgIpc) is 3.76. The van der Waals surface area contributed by atoms with Crippen molar-refractivity contribution in [2.24, 2.45) is 0 Å². The van der Waals surface area contributed by atoms with Gasteiger partial charge in [-0.3, -0.25) is 0 Å². The number of hydrogen-bond donors (Lipinski definition) is 0. The van der Waals surface area contributed by atoms with Crippen LogP contribution >= 0.6 is 0 Å². The Balaban J connectivity index is 1.58. The van der Waals surface area contributed by atoms with Gasteiger partial charge in [0, 0.05) is 0 Å². The van der Waals surface area contributed by atoms with E-state index in [0.717, 1.165) is 0 Å². The van der Waals surface area contributed by atoms with Crippen LogP contribution in [0.2, 0.25) is 0 Å². The van der Waals surface area contributed by atoms with E-state index >= 15 is 0 Å². The molecule has 1 aliphatic heterocycles. The van der Waals surface area contributed by atoms with Crippen molar-refractivity contribution < 1.29 is 10.6 Å². The Morgan fingerprint density at radius 2 is 0.431 bits per heavy atom. The third kappa shape index (κ3) is 9.70. The van der Waals surface area contributed by atoms with Gasteiger partial charge in [-0.15, -0.1) is 0 Å². The maximum absolute atomic E-state index is 7.87. The number of benzene rings is 6. The predicted octanol–water partition coefficient (Wildman–Crippen LogP) is 16.4. The first-order valence-electron chi connectivity index (χ1n) is 24.5. The molecule has 0 atom stereocenters. The zero-order valence-electron chi connectivity index (χ0n) is 42.2. The molecule has 1 saturated heterocycles. The molecule has 0 aromatic heterocycles. The van der Waals surface area contributed by atoms with Crippen molar-refractivity contribution in [2.75, 3.05) is 0 Å². The molecule has 0 unspecified atom stereocenters. The zero-order valence-corrected chi connectivity index (χ0v) is 46.4. The average molecular weight is 988 g/mol. The van der Waals surface area contributed by atoms with E-state index in [1.54, 1.807) is 0 Å². The van der Waals surface area contributed by atoms with Crippen LogP contribution in [0.5, 0.6) is 0 Å². The van der Waals surface area contributed by atoms with Gasteiger partial charge in [-0.25, -0.2) is 0 Å². The molecule has 6 aromatic carbocycles. The molecule has 0 saturated carbocycles. The fourth-order valence-electron chi connectivity index (χ4n) is 10.2. The van der Waals surface area contributed by atoms with E-state index in [1.165, 1.54) is 97.8 Å². The second-order valence-corrected chi connectivity index (χ2v) is 28.6. The van der Waals surface area contributed by atoms with Gasteiger partial charge in [-0.1, -0.05) is 0 Å². The molecule has 6 aromatic rings. The summed E-state index contributed by atoms with van der Waals surface area (Å²) in [6.07, 6.45) is 0. The van der Waals surface area contributed by atoms with E-state index in [9.17, 15) is 0 Å². The second kappa shape index (κ2) is 20.7. The van der Waals surface area contributed by atoms with Crippen molar-refractivity contribution >= 4 is 38.8 Å². The van der Waals surface area contributed by atoms with Crippen molar-refractivity contribution in [1.82, 2.24) is 0 Å². The van der Waals surface area contributed by atoms with Crippen LogP contribution in [0.4, 0.5) is 0 Å². The van der Waals surface area contributed by atoms with Crippen LogP contribution in [0.1, 0.15) is 203 Å². The Bertz CT molecular complexity index is 2180. The topological polar surface area (TPSA) is 27.7 Å². The molecular weight excluding hydrogens is 914 g/mol. The summed E-state index contributed by atoms with van der Waals surface area (Å²) < 4.78 is 24.4. The standard InChI is InChI=1S/C60H74Ge2O3/c1-35(2)43-23-17-24-44(36(3)4)55(43)51-31-21-32-52(56-45(37(5)6)25-18-26-46(56)38(7)8)59(51)61-63-62(65-64-61)60-53(57-47(39(9)10)27-19-28-48(57)40(11)12)33-22-34-54(60)58-49(41(13)14)29-20-30-50(58)42(15)16/h17-42H,1-16H3. The predicted molar refractivity (Wildman–Crippen MR) is 281 cm³/mol. The van der Waals surface area contributed by atoms with E-state index in [2.05, 4.69) is 220 Å². The van der Waals surface area contributed by atoms with Crippen LogP contribution in [0.25, 0.3) is 44.5 Å². The minimum absolute atomic E-state index is 0.326. The van der Waals surface area contributed by atoms with Crippen molar-refractivity contribution in [2.45, 2.75) is 158 Å². The van der Waals surface area contributed by atoms with E-state index in [-0.39, 0.29) is 0 Å². The summed E-state index contributed by atoms with van der Waals surface area (Å²) in [5.74, 6) is 2.61. The van der Waals surface area contributed by atoms with Crippen molar-refractivity contribution in [3.05, 3.63) is 154 Å². The van der Waals surface area contributed by atoms with Crippen LogP contribution in [0.15, 0.2) is 109 Å². The molecule has 65 heavy (non-hydrogen) atoms. The summed E-state index contributed by atoms with van der Waals surface area (Å²) in [5.41, 5.74) is 21.1. The molecule has 1 aliphatic rings. The quantitative estimate of drug-likeness (QED) is 0.0804. The summed E-state index contributed by atoms with van der Waals surface area (Å²) in [4.78, 5) is 0. The van der Waals surface area contributed by atoms with Crippen LogP contribution in [0, 0.1) is 0 Å². The Kier molecular flexibility index (Phi) is 15.6. The van der Waals surface area contributed by atoms with Crippen molar-refractivity contribution in [3.8, 4) is 44.5 Å². The van der Waals surface area contributed by atoms with E-state index in [0.29, 0.717) is 47.3 Å². The van der Waals surface area contributed by atoms with E-state index < -0.39 is 30.0 Å². The molecule has 2 radical (unpaired) electrons. The molecule has 1 fully saturated rings. The monoisotopic (exact) mass is 990 g/mol. The zero-order chi connectivity index (χ0) is 47.0. The first-order chi connectivity index (χ1) is 30.9. The van der Waals surface area contributed by atoms with Crippen molar-refractivity contribution in [1.29, 1.82) is 0 Å². The number of hydrogen-bond acceptors (Lipinski definition) is 3. The molecule has 0 bridgehead atoms. The fraction of sp³-hybridized carbons (Fsp3) is 0.400. The Morgan fingerprint density at radius 1 is 0.262 bits per heavy atom. The summed E-state index contributed by atoms with van der Waals surface area (Å²) in [5, 5.41) is 0. The van der Waals surface area contributed by atoms with Gasteiger partial charge in [0.2, 0.25) is 0 Å². The van der Waals surface area contributed by atoms with Gasteiger partial charge >= 0.3 is 406 Å². The van der Waals surface area contributed by atoms with Gasteiger partial charge in [0.25, 0.3) is 0 Å². The third-order valence-corrected chi connectivity index (χ3v) is 24.0. The summed E-state index contributed by atoms with van der Waals surface area (Å²) in [6, 6.07) is 41.6. The van der Waals surface area contributed by atoms with E-state index in [1.807, 2.05) is 0 Å². The molecule has 7 rings (SSSR count). The molecule has 0 aliphatic carbocycles. The number of rotatable bonds is 14. The van der Waals surface area contributed by atoms with Crippen LogP contribution in [-0.4, -0.2) is 30.0 Å². The van der Waals surface area contributed by atoms with Gasteiger partial charge < -0.3 is 0 Å². The van der Waals surface area contributed by atoms with Crippen LogP contribution in [-0.2, 0) is 10.6 Å². The van der Waals surface area contributed by atoms with Gasteiger partial charge in [-0.05, 0) is 0 Å². The van der Waals surface area contributed by atoms with E-state index in [4.69, 9.17) is 10.6 Å². The van der Waals surface area contributed by atoms with Crippen LogP contribution in [0.3, 0.4) is 0 Å². The Morgan fingerprint density at radius 3 is 0.600 bits per heavy atom. The third-order valence-electron chi connectivity index (χ3n) is 13.5. The first-order valence-corrected chi connectivity index (χ1v) is 30.0. The molecular formula is C60H74Ge2O3. The fourth-order valence-corrected chi connectivity index (χ4v) is 21.8. The molecule has 340 valence electrons. The van der Waals surface area contributed by atoms with Crippen molar-refractivity contribution in [3.63, 3.8) is 0 Å². The first kappa shape index (κ1) is 49.2. The van der Waals surface area contributed by atoms with Gasteiger partial charge in [0.05, 0.1) is 0 Å². The Labute approximate surface area is 403 Å². The molecule has 0 N–H and O–H groups in total. The minimum atomic E-state index is -3.21. The SMILES string of the molecule is CC(C)c1cccc(C(C)C)c1-c1cccc(-c2c(C(C)C)cccc2C(C)C)[c]1[Ge]1[O][O][Ge]([c]2c(-c3c(C(C)C)cccc3C(C)C)cccc2-c2c(C(C)C)cccc2C(C)C)[O]1. The summed E-state index contributed by atoms with van der Waals surface area (Å²) in [7, 11) is 0. The van der Waals surface area contributed by atoms with Gasteiger partial charge in [0.15, 0.2) is 0 Å². The maximum atomic E-state index is 7.87. The molecule has 3 nitrogen and oxygen atoms in total. The Hall–Kier alpha value is -3.71. The van der Waals surface area contributed by atoms with Gasteiger partial charge in [-0.2, -0.15) is 0 Å². The molecule has 5 heteroatoms. The second-order valence-electron chi connectivity index (χ2n) is 20.8. The van der Waals surface area contributed by atoms with Gasteiger partial charge in [0.1, 0.15) is 0 Å². The summed E-state index contributed by atoms with van der Waals surface area (Å²) in [6.45, 7) is 37.2. The summed E-state index contributed by atoms with van der Waals surface area (Å²) >= 11 is -6.41. The van der Waals surface area contributed by atoms with Crippen LogP contribution < -0.4 is 8.79 Å². The molecule has 0 spiro atoms. The molecule has 1 heterocycles.